The SMILES string of the molecule is Cc1ccc([C@@H](CC(=O)Nc2ccc(F)cc2)n2cccc2)cc1. The molecule has 0 unspecified atom stereocenters. The minimum absolute atomic E-state index is 0.0824. The number of hydrogen-bond acceptors (Lipinski definition) is 1. The van der Waals surface area contributed by atoms with Crippen LogP contribution in [0.25, 0.3) is 0 Å². The number of carbonyl (C=O) groups is 1. The van der Waals surface area contributed by atoms with E-state index in [2.05, 4.69) is 5.32 Å². The topological polar surface area (TPSA) is 34.0 Å². The van der Waals surface area contributed by atoms with Gasteiger partial charge in [0.2, 0.25) is 5.91 Å². The van der Waals surface area contributed by atoms with Crippen molar-refractivity contribution in [2.24, 2.45) is 0 Å². The molecule has 3 aromatic rings. The maximum Gasteiger partial charge on any atom is 0.226 e. The summed E-state index contributed by atoms with van der Waals surface area (Å²) < 4.78 is 15.0. The largest absolute Gasteiger partial charge is 0.346 e. The van der Waals surface area contributed by atoms with Gasteiger partial charge < -0.3 is 9.88 Å². The van der Waals surface area contributed by atoms with Gasteiger partial charge >= 0.3 is 0 Å². The number of hydrogen-bond donors (Lipinski definition) is 1. The van der Waals surface area contributed by atoms with Crippen LogP contribution in [0, 0.1) is 12.7 Å². The first kappa shape index (κ1) is 16.0. The van der Waals surface area contributed by atoms with Crippen molar-refractivity contribution in [3.8, 4) is 0 Å². The molecule has 1 heterocycles. The number of halogens is 1. The molecule has 0 fully saturated rings. The van der Waals surface area contributed by atoms with Crippen molar-refractivity contribution in [3.05, 3.63) is 90.0 Å². The molecule has 0 radical (unpaired) electrons. The molecule has 0 saturated heterocycles. The molecule has 0 spiro atoms. The van der Waals surface area contributed by atoms with Crippen LogP contribution in [0.2, 0.25) is 0 Å². The first-order valence-electron chi connectivity index (χ1n) is 7.86. The van der Waals surface area contributed by atoms with Crippen molar-refractivity contribution in [3.63, 3.8) is 0 Å². The molecule has 1 N–H and O–H groups in total. The second kappa shape index (κ2) is 7.13. The summed E-state index contributed by atoms with van der Waals surface area (Å²) in [5.41, 5.74) is 2.85. The molecule has 2 aromatic carbocycles. The molecule has 24 heavy (non-hydrogen) atoms. The van der Waals surface area contributed by atoms with Crippen LogP contribution in [0.5, 0.6) is 0 Å². The van der Waals surface area contributed by atoms with Gasteiger partial charge in [-0.25, -0.2) is 4.39 Å². The summed E-state index contributed by atoms with van der Waals surface area (Å²) in [6.45, 7) is 2.04. The normalized spacial score (nSPS) is 11.9. The molecule has 0 aliphatic rings. The number of nitrogens with zero attached hydrogens (tertiary/aromatic N) is 1. The highest BCUT2D eigenvalue weighted by molar-refractivity contribution is 5.91. The predicted molar refractivity (Wildman–Crippen MR) is 93.4 cm³/mol. The molecule has 4 heteroatoms. The van der Waals surface area contributed by atoms with E-state index >= 15 is 0 Å². The predicted octanol–water partition coefficient (Wildman–Crippen LogP) is 4.55. The monoisotopic (exact) mass is 322 g/mol. The van der Waals surface area contributed by atoms with E-state index < -0.39 is 0 Å². The fourth-order valence-corrected chi connectivity index (χ4v) is 2.66. The molecule has 1 aromatic heterocycles. The summed E-state index contributed by atoms with van der Waals surface area (Å²) >= 11 is 0. The van der Waals surface area contributed by atoms with Crippen molar-refractivity contribution in [2.45, 2.75) is 19.4 Å². The molecule has 0 aliphatic heterocycles. The summed E-state index contributed by atoms with van der Waals surface area (Å²) in [7, 11) is 0. The lowest BCUT2D eigenvalue weighted by atomic mass is 10.0. The van der Waals surface area contributed by atoms with Crippen LogP contribution in [-0.2, 0) is 4.79 Å². The Bertz CT molecular complexity index is 793. The number of aromatic nitrogens is 1. The van der Waals surface area contributed by atoms with Crippen LogP contribution in [0.1, 0.15) is 23.6 Å². The van der Waals surface area contributed by atoms with E-state index in [0.717, 1.165) is 5.56 Å². The summed E-state index contributed by atoms with van der Waals surface area (Å²) in [5.74, 6) is -0.432. The Hall–Kier alpha value is -2.88. The molecule has 3 nitrogen and oxygen atoms in total. The van der Waals surface area contributed by atoms with E-state index in [4.69, 9.17) is 0 Å². The Labute approximate surface area is 140 Å². The fourth-order valence-electron chi connectivity index (χ4n) is 2.66. The van der Waals surface area contributed by atoms with Crippen molar-refractivity contribution >= 4 is 11.6 Å². The van der Waals surface area contributed by atoms with Gasteiger partial charge in [0.1, 0.15) is 5.82 Å². The summed E-state index contributed by atoms with van der Waals surface area (Å²) in [6, 6.07) is 17.8. The van der Waals surface area contributed by atoms with E-state index in [9.17, 15) is 9.18 Å². The molecular weight excluding hydrogens is 303 g/mol. The van der Waals surface area contributed by atoms with Crippen LogP contribution >= 0.6 is 0 Å². The molecule has 0 saturated carbocycles. The minimum atomic E-state index is -0.321. The van der Waals surface area contributed by atoms with Gasteiger partial charge in [0.15, 0.2) is 0 Å². The second-order valence-corrected chi connectivity index (χ2v) is 5.82. The number of aryl methyl sites for hydroxylation is 1. The van der Waals surface area contributed by atoms with Crippen LogP contribution in [-0.4, -0.2) is 10.5 Å². The Kier molecular flexibility index (Phi) is 4.75. The van der Waals surface area contributed by atoms with Gasteiger partial charge in [-0.2, -0.15) is 0 Å². The van der Waals surface area contributed by atoms with Crippen LogP contribution < -0.4 is 5.32 Å². The molecule has 3 rings (SSSR count). The zero-order valence-corrected chi connectivity index (χ0v) is 13.4. The summed E-state index contributed by atoms with van der Waals surface area (Å²) in [5, 5.41) is 2.82. The van der Waals surface area contributed by atoms with Gasteiger partial charge in [-0.05, 0) is 48.9 Å². The van der Waals surface area contributed by atoms with Crippen LogP contribution in [0.3, 0.4) is 0 Å². The third-order valence-electron chi connectivity index (χ3n) is 3.96. The van der Waals surface area contributed by atoms with Gasteiger partial charge in [-0.15, -0.1) is 0 Å². The van der Waals surface area contributed by atoms with E-state index in [-0.39, 0.29) is 17.8 Å². The van der Waals surface area contributed by atoms with E-state index in [1.807, 2.05) is 60.3 Å². The van der Waals surface area contributed by atoms with E-state index in [1.165, 1.54) is 17.7 Å². The van der Waals surface area contributed by atoms with Crippen LogP contribution in [0.4, 0.5) is 10.1 Å². The highest BCUT2D eigenvalue weighted by Crippen LogP contribution is 2.23. The number of nitrogens with one attached hydrogen (secondary N) is 1. The van der Waals surface area contributed by atoms with Gasteiger partial charge in [0, 0.05) is 18.1 Å². The molecule has 0 bridgehead atoms. The van der Waals surface area contributed by atoms with Gasteiger partial charge in [0.05, 0.1) is 12.5 Å². The minimum Gasteiger partial charge on any atom is -0.346 e. The van der Waals surface area contributed by atoms with E-state index in [1.54, 1.807) is 12.1 Å². The van der Waals surface area contributed by atoms with Crippen molar-refractivity contribution in [1.82, 2.24) is 4.57 Å². The number of rotatable bonds is 5. The average Bonchev–Trinajstić information content (AvgIpc) is 3.10. The second-order valence-electron chi connectivity index (χ2n) is 5.82. The Morgan fingerprint density at radius 1 is 1.04 bits per heavy atom. The zero-order chi connectivity index (χ0) is 16.9. The number of carbonyl (C=O) groups excluding carboxylic acids is 1. The van der Waals surface area contributed by atoms with Gasteiger partial charge in [0.25, 0.3) is 0 Å². The first-order chi connectivity index (χ1) is 11.6. The van der Waals surface area contributed by atoms with Gasteiger partial charge in [-0.1, -0.05) is 29.8 Å². The summed E-state index contributed by atoms with van der Waals surface area (Å²) in [4.78, 5) is 12.4. The maximum atomic E-state index is 13.0. The Morgan fingerprint density at radius 3 is 2.29 bits per heavy atom. The Morgan fingerprint density at radius 2 is 1.67 bits per heavy atom. The van der Waals surface area contributed by atoms with Gasteiger partial charge in [-0.3, -0.25) is 4.79 Å². The van der Waals surface area contributed by atoms with E-state index in [0.29, 0.717) is 12.1 Å². The highest BCUT2D eigenvalue weighted by Gasteiger charge is 2.17. The smallest absolute Gasteiger partial charge is 0.226 e. The maximum absolute atomic E-state index is 13.0. The lowest BCUT2D eigenvalue weighted by molar-refractivity contribution is -0.116. The lowest BCUT2D eigenvalue weighted by Crippen LogP contribution is -2.19. The number of anilines is 1. The molecular formula is C20H19FN2O. The van der Waals surface area contributed by atoms with Crippen LogP contribution in [0.15, 0.2) is 73.1 Å². The van der Waals surface area contributed by atoms with Crippen molar-refractivity contribution in [2.75, 3.05) is 5.32 Å². The number of benzene rings is 2. The quantitative estimate of drug-likeness (QED) is 0.734. The molecule has 122 valence electrons. The molecule has 0 aliphatic carbocycles. The standard InChI is InChI=1S/C20H19FN2O/c1-15-4-6-16(7-5-15)19(23-12-2-3-13-23)14-20(24)22-18-10-8-17(21)9-11-18/h2-13,19H,14H2,1H3,(H,22,24)/t19-/m1/s1. The molecule has 1 amide bonds. The van der Waals surface area contributed by atoms with Crippen molar-refractivity contribution in [1.29, 1.82) is 0 Å². The molecule has 1 atom stereocenters. The zero-order valence-electron chi connectivity index (χ0n) is 13.4. The first-order valence-corrected chi connectivity index (χ1v) is 7.86. The fraction of sp³-hybridized carbons (Fsp3) is 0.150. The highest BCUT2D eigenvalue weighted by atomic mass is 19.1. The van der Waals surface area contributed by atoms with Crippen molar-refractivity contribution < 1.29 is 9.18 Å². The third-order valence-corrected chi connectivity index (χ3v) is 3.96. The average molecular weight is 322 g/mol. The Balaban J connectivity index is 1.77. The summed E-state index contributed by atoms with van der Waals surface area (Å²) in [6.07, 6.45) is 4.21. The number of amides is 1. The third kappa shape index (κ3) is 3.90. The lowest BCUT2D eigenvalue weighted by Gasteiger charge is -2.19.